The normalized spacial score (nSPS) is 15.9. The molecule has 170 valence electrons. The highest BCUT2D eigenvalue weighted by Crippen LogP contribution is 2.41. The third kappa shape index (κ3) is 3.78. The van der Waals surface area contributed by atoms with E-state index in [-0.39, 0.29) is 17.9 Å². The number of hydrogen-bond donors (Lipinski definition) is 1. The van der Waals surface area contributed by atoms with Crippen molar-refractivity contribution in [2.45, 2.75) is 12.6 Å². The van der Waals surface area contributed by atoms with Crippen LogP contribution in [0.1, 0.15) is 27.7 Å². The molecule has 4 aromatic rings. The lowest BCUT2D eigenvalue weighted by Crippen LogP contribution is -2.30. The predicted molar refractivity (Wildman–Crippen MR) is 131 cm³/mol. The van der Waals surface area contributed by atoms with Crippen molar-refractivity contribution in [3.63, 3.8) is 0 Å². The van der Waals surface area contributed by atoms with Crippen molar-refractivity contribution in [1.82, 2.24) is 4.90 Å². The van der Waals surface area contributed by atoms with Gasteiger partial charge in [-0.2, -0.15) is 0 Å². The molecule has 0 bridgehead atoms. The van der Waals surface area contributed by atoms with Crippen LogP contribution < -0.4 is 4.74 Å². The number of carbonyl (C=O) groups excluding carboxylic acids is 2. The third-order valence-corrected chi connectivity index (χ3v) is 6.41. The molecule has 7 heteroatoms. The monoisotopic (exact) mass is 517 g/mol. The largest absolute Gasteiger partial charge is 0.503 e. The van der Waals surface area contributed by atoms with E-state index in [9.17, 15) is 14.7 Å². The van der Waals surface area contributed by atoms with Crippen LogP contribution in [0.15, 0.2) is 99.1 Å². The Morgan fingerprint density at radius 2 is 1.79 bits per heavy atom. The van der Waals surface area contributed by atoms with Gasteiger partial charge in [0, 0.05) is 16.4 Å². The smallest absolute Gasteiger partial charge is 0.290 e. The molecule has 1 atom stereocenters. The van der Waals surface area contributed by atoms with Crippen molar-refractivity contribution < 1.29 is 23.8 Å². The quantitative estimate of drug-likeness (QED) is 0.318. The van der Waals surface area contributed by atoms with Gasteiger partial charge in [-0.1, -0.05) is 70.5 Å². The highest BCUT2D eigenvalue weighted by molar-refractivity contribution is 9.10. The zero-order valence-electron chi connectivity index (χ0n) is 18.2. The molecule has 0 saturated heterocycles. The second-order valence-corrected chi connectivity index (χ2v) is 8.87. The van der Waals surface area contributed by atoms with E-state index in [0.29, 0.717) is 22.3 Å². The molecule has 1 N–H and O–H groups in total. The van der Waals surface area contributed by atoms with Crippen LogP contribution in [0.25, 0.3) is 11.0 Å². The highest BCUT2D eigenvalue weighted by atomic mass is 79.9. The van der Waals surface area contributed by atoms with Gasteiger partial charge in [-0.25, -0.2) is 0 Å². The zero-order chi connectivity index (χ0) is 23.8. The number of ketones is 1. The van der Waals surface area contributed by atoms with Crippen molar-refractivity contribution >= 4 is 38.6 Å². The summed E-state index contributed by atoms with van der Waals surface area (Å²) in [4.78, 5) is 28.4. The predicted octanol–water partition coefficient (Wildman–Crippen LogP) is 5.98. The summed E-state index contributed by atoms with van der Waals surface area (Å²) in [5.74, 6) is -1.20. The van der Waals surface area contributed by atoms with E-state index >= 15 is 0 Å². The second-order valence-electron chi connectivity index (χ2n) is 7.95. The molecule has 34 heavy (non-hydrogen) atoms. The molecule has 0 spiro atoms. The minimum Gasteiger partial charge on any atom is -0.503 e. The first kappa shape index (κ1) is 22.0. The summed E-state index contributed by atoms with van der Waals surface area (Å²) < 4.78 is 12.0. The van der Waals surface area contributed by atoms with Gasteiger partial charge in [-0.3, -0.25) is 9.59 Å². The van der Waals surface area contributed by atoms with Crippen molar-refractivity contribution in [3.8, 4) is 5.75 Å². The molecule has 1 aliphatic heterocycles. The van der Waals surface area contributed by atoms with Crippen molar-refractivity contribution in [1.29, 1.82) is 0 Å². The van der Waals surface area contributed by atoms with Gasteiger partial charge in [0.15, 0.2) is 22.9 Å². The minimum atomic E-state index is -0.775. The fourth-order valence-electron chi connectivity index (χ4n) is 4.26. The average molecular weight is 518 g/mol. The maximum atomic E-state index is 13.7. The molecule has 0 fully saturated rings. The number of amides is 1. The van der Waals surface area contributed by atoms with Crippen LogP contribution in [-0.4, -0.2) is 28.8 Å². The maximum absolute atomic E-state index is 13.7. The molecular weight excluding hydrogens is 498 g/mol. The van der Waals surface area contributed by atoms with E-state index < -0.39 is 23.5 Å². The molecule has 0 saturated carbocycles. The maximum Gasteiger partial charge on any atom is 0.290 e. The van der Waals surface area contributed by atoms with E-state index in [1.807, 2.05) is 54.6 Å². The Bertz CT molecular complexity index is 1420. The number of carbonyl (C=O) groups is 2. The van der Waals surface area contributed by atoms with Gasteiger partial charge in [0.25, 0.3) is 5.91 Å². The molecule has 1 aliphatic rings. The molecule has 2 heterocycles. The first-order valence-corrected chi connectivity index (χ1v) is 11.4. The van der Waals surface area contributed by atoms with E-state index in [2.05, 4.69) is 15.9 Å². The van der Waals surface area contributed by atoms with E-state index in [1.165, 1.54) is 12.0 Å². The van der Waals surface area contributed by atoms with Crippen LogP contribution in [0.4, 0.5) is 0 Å². The number of nitrogens with zero attached hydrogens (tertiary/aromatic N) is 1. The number of rotatable bonds is 6. The summed E-state index contributed by atoms with van der Waals surface area (Å²) in [5, 5.41) is 11.6. The van der Waals surface area contributed by atoms with Gasteiger partial charge in [0.1, 0.15) is 0 Å². The van der Waals surface area contributed by atoms with E-state index in [0.717, 1.165) is 10.0 Å². The fourth-order valence-corrected chi connectivity index (χ4v) is 4.53. The Morgan fingerprint density at radius 3 is 2.50 bits per heavy atom. The molecule has 5 rings (SSSR count). The Balaban J connectivity index is 1.60. The number of furan rings is 1. The lowest BCUT2D eigenvalue weighted by Gasteiger charge is -2.27. The lowest BCUT2D eigenvalue weighted by molar-refractivity contribution is -0.130. The van der Waals surface area contributed by atoms with Gasteiger partial charge < -0.3 is 19.2 Å². The van der Waals surface area contributed by atoms with Crippen molar-refractivity contribution in [2.24, 2.45) is 0 Å². The first-order valence-electron chi connectivity index (χ1n) is 10.6. The number of halogens is 1. The van der Waals surface area contributed by atoms with Crippen LogP contribution in [0.3, 0.4) is 0 Å². The minimum absolute atomic E-state index is 0.0127. The van der Waals surface area contributed by atoms with Crippen molar-refractivity contribution in [2.75, 3.05) is 7.11 Å². The average Bonchev–Trinajstić information content (AvgIpc) is 3.40. The number of Topliss-reactive ketones (excluding diaryl/α,β-unsaturated/α-hetero) is 1. The molecule has 1 unspecified atom stereocenters. The van der Waals surface area contributed by atoms with Gasteiger partial charge in [-0.05, 0) is 35.4 Å². The number of methoxy groups -OCH3 is 1. The summed E-state index contributed by atoms with van der Waals surface area (Å²) in [6, 6.07) is 22.9. The van der Waals surface area contributed by atoms with E-state index in [1.54, 1.807) is 24.3 Å². The SMILES string of the molecule is COc1cccc2cc(C(=O)C3=C(O)C(=O)N(Cc4ccccc4)C3c3ccc(Br)cc3)oc12. The first-order chi connectivity index (χ1) is 16.5. The van der Waals surface area contributed by atoms with E-state index in [4.69, 9.17) is 9.15 Å². The number of aliphatic hydroxyl groups excluding tert-OH is 1. The molecular formula is C27H20BrNO5. The van der Waals surface area contributed by atoms with Crippen LogP contribution in [-0.2, 0) is 11.3 Å². The van der Waals surface area contributed by atoms with Crippen molar-refractivity contribution in [3.05, 3.63) is 112 Å². The number of para-hydroxylation sites is 1. The topological polar surface area (TPSA) is 80.0 Å². The lowest BCUT2D eigenvalue weighted by atomic mass is 9.95. The van der Waals surface area contributed by atoms with Crippen LogP contribution in [0, 0.1) is 0 Å². The molecule has 0 aliphatic carbocycles. The molecule has 3 aromatic carbocycles. The van der Waals surface area contributed by atoms with Gasteiger partial charge in [-0.15, -0.1) is 0 Å². The van der Waals surface area contributed by atoms with Gasteiger partial charge in [0.2, 0.25) is 5.78 Å². The highest BCUT2D eigenvalue weighted by Gasteiger charge is 2.44. The van der Waals surface area contributed by atoms with Crippen LogP contribution >= 0.6 is 15.9 Å². The summed E-state index contributed by atoms with van der Waals surface area (Å²) in [6.07, 6.45) is 0. The number of ether oxygens (including phenoxy) is 1. The second kappa shape index (κ2) is 8.83. The number of benzene rings is 3. The Labute approximate surface area is 204 Å². The number of aliphatic hydroxyl groups is 1. The fraction of sp³-hybridized carbons (Fsp3) is 0.111. The molecule has 6 nitrogen and oxygen atoms in total. The van der Waals surface area contributed by atoms with Gasteiger partial charge in [0.05, 0.1) is 18.7 Å². The Hall–Kier alpha value is -3.84. The number of fused-ring (bicyclic) bond motifs is 1. The summed E-state index contributed by atoms with van der Waals surface area (Å²) in [6.45, 7) is 0.231. The standard InChI is InChI=1S/C27H20BrNO5/c1-33-20-9-5-8-18-14-21(34-26(18)20)24(30)22-23(17-10-12-19(28)13-11-17)29(27(32)25(22)31)15-16-6-3-2-4-7-16/h2-14,23,31H,15H2,1H3. The molecule has 0 radical (unpaired) electrons. The Morgan fingerprint density at radius 1 is 1.06 bits per heavy atom. The zero-order valence-corrected chi connectivity index (χ0v) is 19.8. The summed E-state index contributed by atoms with van der Waals surface area (Å²) >= 11 is 3.42. The number of hydrogen-bond acceptors (Lipinski definition) is 5. The Kier molecular flexibility index (Phi) is 5.71. The summed E-state index contributed by atoms with van der Waals surface area (Å²) in [7, 11) is 1.52. The van der Waals surface area contributed by atoms with Crippen LogP contribution in [0.5, 0.6) is 5.75 Å². The van der Waals surface area contributed by atoms with Crippen LogP contribution in [0.2, 0.25) is 0 Å². The third-order valence-electron chi connectivity index (χ3n) is 5.88. The molecule has 1 amide bonds. The van der Waals surface area contributed by atoms with Gasteiger partial charge >= 0.3 is 0 Å². The molecule has 1 aromatic heterocycles. The summed E-state index contributed by atoms with van der Waals surface area (Å²) in [5.41, 5.74) is 2.00.